The Morgan fingerprint density at radius 1 is 0.218 bits per heavy atom. The summed E-state index contributed by atoms with van der Waals surface area (Å²) in [6.07, 6.45) is 0. The molecule has 0 aliphatic heterocycles. The van der Waals surface area contributed by atoms with Crippen LogP contribution in [-0.4, -0.2) is 48.4 Å². The van der Waals surface area contributed by atoms with Crippen LogP contribution in [0.5, 0.6) is 0 Å². The second-order valence-corrected chi connectivity index (χ2v) is 52.9. The number of hydrogen-bond donors (Lipinski definition) is 0. The third-order valence-electron chi connectivity index (χ3n) is 18.1. The summed E-state index contributed by atoms with van der Waals surface area (Å²) < 4.78 is 0. The van der Waals surface area contributed by atoms with Crippen molar-refractivity contribution in [2.75, 3.05) is 0 Å². The molecule has 0 aromatic heterocycles. The van der Waals surface area contributed by atoms with Crippen LogP contribution in [0, 0.1) is 0 Å². The van der Waals surface area contributed by atoms with Gasteiger partial charge in [-0.15, -0.1) is 0 Å². The Balaban J connectivity index is 0.000000255. The predicted octanol–water partition coefficient (Wildman–Crippen LogP) is 17.1. The Hall–Kier alpha value is -4.94. The summed E-state index contributed by atoms with van der Waals surface area (Å²) in [6.45, 7) is 38.1. The van der Waals surface area contributed by atoms with Gasteiger partial charge in [-0.25, -0.2) is 0 Å². The van der Waals surface area contributed by atoms with Gasteiger partial charge in [-0.2, -0.15) is 0 Å². The summed E-state index contributed by atoms with van der Waals surface area (Å²) in [5, 5.41) is 12.0. The highest BCUT2D eigenvalue weighted by Gasteiger charge is 2.34. The van der Waals surface area contributed by atoms with Crippen molar-refractivity contribution < 1.29 is 0 Å². The van der Waals surface area contributed by atoms with Gasteiger partial charge in [0.25, 0.3) is 0 Å². The minimum absolute atomic E-state index is 0.651. The van der Waals surface area contributed by atoms with E-state index in [1.807, 2.05) is 0 Å². The molecule has 0 saturated carbocycles. The van der Waals surface area contributed by atoms with E-state index in [0.29, 0.717) is 0 Å². The number of hydrogen-bond acceptors (Lipinski definition) is 0. The highest BCUT2D eigenvalue weighted by Crippen LogP contribution is 2.19. The van der Waals surface area contributed by atoms with Crippen molar-refractivity contribution in [2.45, 2.75) is 156 Å². The lowest BCUT2D eigenvalue weighted by atomic mass is 10.3. The second kappa shape index (κ2) is 34.3. The summed E-state index contributed by atoms with van der Waals surface area (Å²) in [4.78, 5) is 0. The lowest BCUT2D eigenvalue weighted by Crippen LogP contribution is -2.64. The van der Waals surface area contributed by atoms with Gasteiger partial charge in [-0.1, -0.05) is 425 Å². The molecular formula is C72H104Si6. The van der Waals surface area contributed by atoms with Gasteiger partial charge < -0.3 is 0 Å². The van der Waals surface area contributed by atoms with Crippen LogP contribution >= 0.6 is 0 Å². The zero-order valence-electron chi connectivity index (χ0n) is 51.8. The molecule has 0 heterocycles. The molecule has 0 unspecified atom stereocenters. The highest BCUT2D eigenvalue weighted by molar-refractivity contribution is 7.10. The minimum atomic E-state index is -1.88. The maximum Gasteiger partial charge on any atom is 0.145 e. The fourth-order valence-electron chi connectivity index (χ4n) is 9.38. The summed E-state index contributed by atoms with van der Waals surface area (Å²) in [6, 6.07) is 98.6. The van der Waals surface area contributed by atoms with Gasteiger partial charge in [0, 0.05) is 16.1 Å². The lowest BCUT2D eigenvalue weighted by molar-refractivity contribution is 1.18. The van der Waals surface area contributed by atoms with E-state index in [1.165, 1.54) is 84.7 Å². The fourth-order valence-corrected chi connectivity index (χ4v) is 22.7. The smallest absolute Gasteiger partial charge is 0.0694 e. The van der Waals surface area contributed by atoms with E-state index >= 15 is 0 Å². The Bertz CT molecular complexity index is 2530. The molecule has 78 heavy (non-hydrogen) atoms. The quantitative estimate of drug-likeness (QED) is 0.0668. The lowest BCUT2D eigenvalue weighted by Gasteiger charge is -2.29. The molecule has 0 nitrogen and oxygen atoms in total. The van der Waals surface area contributed by atoms with Gasteiger partial charge in [0.05, 0.1) is 8.07 Å². The molecule has 416 valence electrons. The zero-order chi connectivity index (χ0) is 57.6. The summed E-state index contributed by atoms with van der Waals surface area (Å²) >= 11 is 0. The zero-order valence-corrected chi connectivity index (χ0v) is 57.8. The topological polar surface area (TPSA) is 0 Å². The molecule has 0 fully saturated rings. The summed E-state index contributed by atoms with van der Waals surface area (Å²) in [5.41, 5.74) is 0. The molecule has 0 radical (unpaired) electrons. The Labute approximate surface area is 485 Å². The molecule has 0 amide bonds. The van der Waals surface area contributed by atoms with Crippen molar-refractivity contribution in [1.82, 2.24) is 0 Å². The molecular weight excluding hydrogens is 1030 g/mol. The molecule has 0 N–H and O–H groups in total. The molecule has 8 aromatic rings. The van der Waals surface area contributed by atoms with Gasteiger partial charge in [-0.3, -0.25) is 0 Å². The predicted molar refractivity (Wildman–Crippen MR) is 374 cm³/mol. The van der Waals surface area contributed by atoms with E-state index in [9.17, 15) is 0 Å². The summed E-state index contributed by atoms with van der Waals surface area (Å²) in [5.74, 6) is 0. The van der Waals surface area contributed by atoms with Crippen LogP contribution in [0.4, 0.5) is 0 Å². The first-order valence-electron chi connectivity index (χ1n) is 29.8. The molecule has 0 bridgehead atoms. The molecule has 6 heteroatoms. The third kappa shape index (κ3) is 20.3. The van der Waals surface area contributed by atoms with Gasteiger partial charge in [0.1, 0.15) is 24.2 Å². The molecule has 0 saturated heterocycles. The van der Waals surface area contributed by atoms with Gasteiger partial charge in [-0.05, 0) is 15.6 Å². The molecule has 8 aromatic carbocycles. The van der Waals surface area contributed by atoms with Crippen molar-refractivity contribution in [2.24, 2.45) is 0 Å². The first-order valence-corrected chi connectivity index (χ1v) is 47.4. The summed E-state index contributed by atoms with van der Waals surface area (Å²) in [7, 11) is -7.20. The van der Waals surface area contributed by atoms with Crippen molar-refractivity contribution in [3.8, 4) is 0 Å². The largest absolute Gasteiger partial charge is 0.145 e. The number of rotatable bonds is 16. The standard InChI is InChI=1S/C19H18Si.C15H18Si.C14H16Si.C11H18Si.C7H18Si.C6H16Si/c1-20(17-11-5-2-6-12-17,18-13-7-3-8-14-18)19-15-9-4-10-16-19;1-3-16(2,14-10-6-4-7-11-14)15-12-8-5-9-13-15;1-15(2,13-9-5-3-6-10-13)14-11-7-4-8-12-14;1-4-12(3,5-2)11-9-7-6-8-10-11;1-5-8(4,6-2)7-3;1-5-7(3,4)6-2/h2-16H,1H3;4-13H,3H2,1-2H3;3-12H,1-2H3;6-10H,4-5H2,1-3H3;5-7H2,1-4H3;5-6H2,1-4H3. The van der Waals surface area contributed by atoms with Crippen molar-refractivity contribution in [1.29, 1.82) is 0 Å². The number of benzene rings is 8. The van der Waals surface area contributed by atoms with Crippen molar-refractivity contribution in [3.05, 3.63) is 243 Å². The Kier molecular flexibility index (Phi) is 29.6. The van der Waals surface area contributed by atoms with Crippen LogP contribution in [0.2, 0.25) is 101 Å². The average Bonchev–Trinajstić information content (AvgIpc) is 3.54. The first kappa shape index (κ1) is 67.3. The van der Waals surface area contributed by atoms with E-state index in [4.69, 9.17) is 0 Å². The van der Waals surface area contributed by atoms with E-state index in [1.54, 1.807) is 5.19 Å². The van der Waals surface area contributed by atoms with Crippen LogP contribution in [0.1, 0.15) is 55.4 Å². The Morgan fingerprint density at radius 2 is 0.436 bits per heavy atom. The van der Waals surface area contributed by atoms with Gasteiger partial charge >= 0.3 is 0 Å². The van der Waals surface area contributed by atoms with E-state index in [2.05, 4.69) is 350 Å². The SMILES string of the molecule is CC[Si](C)(C)CC.CC[Si](C)(CC)CC.CC[Si](C)(CC)c1ccccc1.CC[Si](C)(c1ccccc1)c1ccccc1.C[Si](C)(c1ccccc1)c1ccccc1.C[Si](c1ccccc1)(c1ccccc1)c1ccccc1. The first-order chi connectivity index (χ1) is 37.3. The maximum absolute atomic E-state index is 2.49. The monoisotopic (exact) mass is 1140 g/mol. The van der Waals surface area contributed by atoms with Crippen LogP contribution in [0.15, 0.2) is 243 Å². The van der Waals surface area contributed by atoms with Gasteiger partial charge in [0.15, 0.2) is 0 Å². The van der Waals surface area contributed by atoms with Crippen LogP contribution in [-0.2, 0) is 0 Å². The van der Waals surface area contributed by atoms with E-state index < -0.39 is 48.4 Å². The highest BCUT2D eigenvalue weighted by atomic mass is 28.3. The van der Waals surface area contributed by atoms with Crippen molar-refractivity contribution >= 4 is 89.9 Å². The molecule has 8 rings (SSSR count). The second-order valence-electron chi connectivity index (χ2n) is 23.4. The molecule has 0 spiro atoms. The molecule has 0 aliphatic carbocycles. The molecule has 0 atom stereocenters. The third-order valence-corrected chi connectivity index (χ3v) is 44.5. The maximum atomic E-state index is 2.49. The molecule has 0 aliphatic rings. The van der Waals surface area contributed by atoms with Crippen LogP contribution in [0.25, 0.3) is 0 Å². The van der Waals surface area contributed by atoms with E-state index in [0.717, 1.165) is 0 Å². The van der Waals surface area contributed by atoms with Crippen LogP contribution in [0.3, 0.4) is 0 Å². The van der Waals surface area contributed by atoms with Gasteiger partial charge in [0.2, 0.25) is 0 Å². The fraction of sp³-hybridized carbons (Fsp3) is 0.333. The normalized spacial score (nSPS) is 11.5. The van der Waals surface area contributed by atoms with Crippen LogP contribution < -0.4 is 41.5 Å². The minimum Gasteiger partial charge on any atom is -0.0694 e. The average molecular weight is 1140 g/mol. The van der Waals surface area contributed by atoms with E-state index in [-0.39, 0.29) is 0 Å². The Morgan fingerprint density at radius 3 is 0.615 bits per heavy atom. The van der Waals surface area contributed by atoms with Crippen molar-refractivity contribution in [3.63, 3.8) is 0 Å².